The highest BCUT2D eigenvalue weighted by Gasteiger charge is 2.21. The van der Waals surface area contributed by atoms with Gasteiger partial charge in [-0.15, -0.1) is 10.2 Å². The Morgan fingerprint density at radius 2 is 1.96 bits per heavy atom. The van der Waals surface area contributed by atoms with E-state index in [2.05, 4.69) is 10.2 Å². The highest BCUT2D eigenvalue weighted by Crippen LogP contribution is 2.29. The second kappa shape index (κ2) is 6.92. The molecule has 0 bridgehead atoms. The van der Waals surface area contributed by atoms with Gasteiger partial charge in [0.2, 0.25) is 0 Å². The number of ketones is 1. The smallest absolute Gasteiger partial charge is 0.277 e. The van der Waals surface area contributed by atoms with E-state index in [1.54, 1.807) is 43.7 Å². The van der Waals surface area contributed by atoms with Crippen LogP contribution in [0.5, 0.6) is 5.75 Å². The Hall–Kier alpha value is -2.54. The van der Waals surface area contributed by atoms with Crippen LogP contribution in [-0.2, 0) is 0 Å². The second-order valence-electron chi connectivity index (χ2n) is 5.12. The Morgan fingerprint density at radius 3 is 2.58 bits per heavy atom. The lowest BCUT2D eigenvalue weighted by molar-refractivity contribution is 0.0993. The molecule has 0 spiro atoms. The lowest BCUT2D eigenvalue weighted by atomic mass is 10.1. The monoisotopic (exact) mass is 344 g/mol. The van der Waals surface area contributed by atoms with Crippen LogP contribution in [0, 0.1) is 6.92 Å². The third kappa shape index (κ3) is 3.35. The van der Waals surface area contributed by atoms with Crippen molar-refractivity contribution in [3.8, 4) is 17.2 Å². The van der Waals surface area contributed by atoms with Crippen molar-refractivity contribution in [1.82, 2.24) is 10.2 Å². The molecule has 0 aliphatic carbocycles. The molecule has 124 valence electrons. The number of rotatable bonds is 6. The largest absolute Gasteiger partial charge is 0.497 e. The number of furan rings is 1. The van der Waals surface area contributed by atoms with Crippen molar-refractivity contribution in [3.05, 3.63) is 47.9 Å². The average molecular weight is 344 g/mol. The van der Waals surface area contributed by atoms with Gasteiger partial charge in [0, 0.05) is 5.56 Å². The van der Waals surface area contributed by atoms with Gasteiger partial charge in [-0.2, -0.15) is 0 Å². The highest BCUT2D eigenvalue weighted by atomic mass is 32.2. The molecular formula is C17H16N2O4S. The van der Waals surface area contributed by atoms with Crippen LogP contribution >= 0.6 is 11.8 Å². The summed E-state index contributed by atoms with van der Waals surface area (Å²) in [5.41, 5.74) is 1.37. The number of carbonyl (C=O) groups excluding carboxylic acids is 1. The number of hydrogen-bond donors (Lipinski definition) is 0. The van der Waals surface area contributed by atoms with Crippen molar-refractivity contribution in [1.29, 1.82) is 0 Å². The van der Waals surface area contributed by atoms with Gasteiger partial charge in [0.1, 0.15) is 11.5 Å². The van der Waals surface area contributed by atoms with E-state index >= 15 is 0 Å². The van der Waals surface area contributed by atoms with E-state index in [1.165, 1.54) is 11.8 Å². The first-order valence-electron chi connectivity index (χ1n) is 7.31. The number of aryl methyl sites for hydroxylation is 1. The summed E-state index contributed by atoms with van der Waals surface area (Å²) in [6.45, 7) is 3.63. The van der Waals surface area contributed by atoms with E-state index in [0.717, 1.165) is 5.56 Å². The summed E-state index contributed by atoms with van der Waals surface area (Å²) in [4.78, 5) is 12.5. The van der Waals surface area contributed by atoms with Gasteiger partial charge in [-0.3, -0.25) is 4.79 Å². The predicted molar refractivity (Wildman–Crippen MR) is 89.4 cm³/mol. The maximum Gasteiger partial charge on any atom is 0.277 e. The molecule has 0 saturated heterocycles. The van der Waals surface area contributed by atoms with Crippen molar-refractivity contribution in [2.75, 3.05) is 7.11 Å². The SMILES string of the molecule is COc1ccc(C(=O)[C@@H](C)Sc2nnc(-c3ccoc3C)o2)cc1. The number of Topliss-reactive ketones (excluding diaryl/α,β-unsaturated/α-hetero) is 1. The maximum atomic E-state index is 12.5. The minimum absolute atomic E-state index is 0.0121. The first kappa shape index (κ1) is 16.3. The number of carbonyl (C=O) groups is 1. The molecule has 24 heavy (non-hydrogen) atoms. The van der Waals surface area contributed by atoms with E-state index in [0.29, 0.717) is 28.2 Å². The van der Waals surface area contributed by atoms with Crippen molar-refractivity contribution in [3.63, 3.8) is 0 Å². The molecule has 0 aliphatic rings. The Balaban J connectivity index is 1.70. The zero-order valence-corrected chi connectivity index (χ0v) is 14.3. The van der Waals surface area contributed by atoms with Crippen LogP contribution in [0.4, 0.5) is 0 Å². The average Bonchev–Trinajstić information content (AvgIpc) is 3.22. The van der Waals surface area contributed by atoms with E-state index in [4.69, 9.17) is 13.6 Å². The molecule has 7 heteroatoms. The highest BCUT2D eigenvalue weighted by molar-refractivity contribution is 8.00. The fourth-order valence-corrected chi connectivity index (χ4v) is 2.93. The molecule has 2 heterocycles. The third-order valence-corrected chi connectivity index (χ3v) is 4.45. The molecule has 6 nitrogen and oxygen atoms in total. The van der Waals surface area contributed by atoms with Gasteiger partial charge in [-0.1, -0.05) is 11.8 Å². The zero-order valence-electron chi connectivity index (χ0n) is 13.5. The molecule has 0 unspecified atom stereocenters. The fourth-order valence-electron chi connectivity index (χ4n) is 2.17. The lowest BCUT2D eigenvalue weighted by Crippen LogP contribution is -2.13. The van der Waals surface area contributed by atoms with Crippen LogP contribution in [0.2, 0.25) is 0 Å². The number of nitrogens with zero attached hydrogens (tertiary/aromatic N) is 2. The molecule has 2 aromatic heterocycles. The second-order valence-corrected chi connectivity index (χ2v) is 6.41. The van der Waals surface area contributed by atoms with Crippen molar-refractivity contribution < 1.29 is 18.4 Å². The number of thioether (sulfide) groups is 1. The van der Waals surface area contributed by atoms with Crippen LogP contribution in [0.25, 0.3) is 11.5 Å². The summed E-state index contributed by atoms with van der Waals surface area (Å²) >= 11 is 1.23. The molecule has 0 amide bonds. The lowest BCUT2D eigenvalue weighted by Gasteiger charge is -2.08. The van der Waals surface area contributed by atoms with Gasteiger partial charge in [-0.25, -0.2) is 0 Å². The molecular weight excluding hydrogens is 328 g/mol. The Morgan fingerprint density at radius 1 is 1.21 bits per heavy atom. The van der Waals surface area contributed by atoms with Crippen LogP contribution in [0.3, 0.4) is 0 Å². The summed E-state index contributed by atoms with van der Waals surface area (Å²) in [6, 6.07) is 8.77. The van der Waals surface area contributed by atoms with Gasteiger partial charge >= 0.3 is 0 Å². The van der Waals surface area contributed by atoms with Gasteiger partial charge < -0.3 is 13.6 Å². The Kier molecular flexibility index (Phi) is 4.71. The van der Waals surface area contributed by atoms with E-state index in [9.17, 15) is 4.79 Å². The molecule has 0 radical (unpaired) electrons. The first-order chi connectivity index (χ1) is 11.6. The Bertz CT molecular complexity index is 838. The molecule has 1 atom stereocenters. The molecule has 1 aromatic carbocycles. The van der Waals surface area contributed by atoms with E-state index < -0.39 is 0 Å². The summed E-state index contributed by atoms with van der Waals surface area (Å²) < 4.78 is 15.9. The Labute approximate surface area is 143 Å². The van der Waals surface area contributed by atoms with Crippen molar-refractivity contribution >= 4 is 17.5 Å². The topological polar surface area (TPSA) is 78.4 Å². The molecule has 0 fully saturated rings. The van der Waals surface area contributed by atoms with Crippen LogP contribution in [0.15, 0.2) is 50.7 Å². The molecule has 0 N–H and O–H groups in total. The number of ether oxygens (including phenoxy) is 1. The standard InChI is InChI=1S/C17H16N2O4S/c1-10-14(8-9-22-10)16-18-19-17(23-16)24-11(2)15(20)12-4-6-13(21-3)7-5-12/h4-9,11H,1-3H3/t11-/m1/s1. The van der Waals surface area contributed by atoms with E-state index in [-0.39, 0.29) is 11.0 Å². The zero-order chi connectivity index (χ0) is 17.1. The summed E-state index contributed by atoms with van der Waals surface area (Å²) in [5, 5.41) is 7.99. The molecule has 3 rings (SSSR count). The van der Waals surface area contributed by atoms with Crippen molar-refractivity contribution in [2.45, 2.75) is 24.3 Å². The summed E-state index contributed by atoms with van der Waals surface area (Å²) in [5.74, 6) is 1.79. The van der Waals surface area contributed by atoms with Crippen molar-refractivity contribution in [2.24, 2.45) is 0 Å². The minimum Gasteiger partial charge on any atom is -0.497 e. The normalized spacial score (nSPS) is 12.1. The van der Waals surface area contributed by atoms with E-state index in [1.807, 2.05) is 13.8 Å². The molecule has 0 aliphatic heterocycles. The molecule has 0 saturated carbocycles. The van der Waals surface area contributed by atoms with Gasteiger partial charge in [-0.05, 0) is 44.2 Å². The quantitative estimate of drug-likeness (QED) is 0.494. The number of aromatic nitrogens is 2. The summed E-state index contributed by atoms with van der Waals surface area (Å²) in [7, 11) is 1.59. The number of benzene rings is 1. The van der Waals surface area contributed by atoms with Gasteiger partial charge in [0.15, 0.2) is 5.78 Å². The third-order valence-electron chi connectivity index (χ3n) is 3.52. The van der Waals surface area contributed by atoms with Crippen LogP contribution < -0.4 is 4.74 Å². The van der Waals surface area contributed by atoms with Crippen LogP contribution in [-0.4, -0.2) is 28.3 Å². The predicted octanol–water partition coefficient (Wildman–Crippen LogP) is 4.01. The molecule has 3 aromatic rings. The minimum atomic E-state index is -0.350. The fraction of sp³-hybridized carbons (Fsp3) is 0.235. The van der Waals surface area contributed by atoms with Crippen LogP contribution in [0.1, 0.15) is 23.0 Å². The van der Waals surface area contributed by atoms with Gasteiger partial charge in [0.05, 0.1) is 24.2 Å². The number of methoxy groups -OCH3 is 1. The maximum absolute atomic E-state index is 12.5. The first-order valence-corrected chi connectivity index (χ1v) is 8.19. The summed E-state index contributed by atoms with van der Waals surface area (Å²) in [6.07, 6.45) is 1.57. The number of hydrogen-bond acceptors (Lipinski definition) is 7. The van der Waals surface area contributed by atoms with Gasteiger partial charge in [0.25, 0.3) is 11.1 Å².